The van der Waals surface area contributed by atoms with Crippen molar-refractivity contribution in [2.45, 2.75) is 32.5 Å². The summed E-state index contributed by atoms with van der Waals surface area (Å²) in [6.07, 6.45) is 2.07. The molecule has 0 spiro atoms. The summed E-state index contributed by atoms with van der Waals surface area (Å²) in [6.45, 7) is 5.61. The monoisotopic (exact) mass is 651 g/mol. The van der Waals surface area contributed by atoms with Crippen molar-refractivity contribution in [3.8, 4) is 16.9 Å². The van der Waals surface area contributed by atoms with Gasteiger partial charge in [-0.25, -0.2) is 0 Å². The SMILES string of the molecule is C=CN(C)Cc1ccccc1C(F)(F)F.CNC(=O)/C(N)=C(/C=C(\N)NC(=O)C1CC1)Nc1cccc(-c2ccc(C)nc2)c1OC. The number of carbonyl (C=O) groups is 2. The van der Waals surface area contributed by atoms with E-state index in [1.165, 1.54) is 31.5 Å². The maximum absolute atomic E-state index is 12.6. The quantitative estimate of drug-likeness (QED) is 0.144. The van der Waals surface area contributed by atoms with Gasteiger partial charge in [0, 0.05) is 55.7 Å². The summed E-state index contributed by atoms with van der Waals surface area (Å²) < 4.78 is 43.3. The molecule has 1 saturated carbocycles. The number of alkyl halides is 3. The number of aryl methyl sites for hydroxylation is 1. The molecule has 4 rings (SSSR count). The lowest BCUT2D eigenvalue weighted by atomic mass is 10.0. The Morgan fingerprint density at radius 1 is 1.11 bits per heavy atom. The number of benzene rings is 2. The van der Waals surface area contributed by atoms with Crippen LogP contribution in [0.4, 0.5) is 18.9 Å². The molecule has 0 atom stereocenters. The second kappa shape index (κ2) is 16.2. The van der Waals surface area contributed by atoms with Gasteiger partial charge in [0.15, 0.2) is 0 Å². The van der Waals surface area contributed by atoms with Crippen molar-refractivity contribution in [2.24, 2.45) is 17.4 Å². The van der Waals surface area contributed by atoms with Crippen molar-refractivity contribution in [1.82, 2.24) is 20.5 Å². The Balaban J connectivity index is 0.000000335. The highest BCUT2D eigenvalue weighted by Crippen LogP contribution is 2.37. The lowest BCUT2D eigenvalue weighted by Gasteiger charge is -2.17. The molecule has 47 heavy (non-hydrogen) atoms. The molecule has 1 aliphatic carbocycles. The van der Waals surface area contributed by atoms with Gasteiger partial charge < -0.3 is 37.1 Å². The predicted molar refractivity (Wildman–Crippen MR) is 176 cm³/mol. The molecule has 250 valence electrons. The lowest BCUT2D eigenvalue weighted by molar-refractivity contribution is -0.138. The average molecular weight is 652 g/mol. The zero-order valence-corrected chi connectivity index (χ0v) is 26.7. The molecule has 0 saturated heterocycles. The number of hydrogen-bond donors (Lipinski definition) is 5. The highest BCUT2D eigenvalue weighted by molar-refractivity contribution is 5.94. The number of pyridine rings is 1. The maximum Gasteiger partial charge on any atom is 0.416 e. The number of hydrogen-bond acceptors (Lipinski definition) is 8. The van der Waals surface area contributed by atoms with Crippen LogP contribution in [0.2, 0.25) is 0 Å². The number of likely N-dealkylation sites (N-methyl/N-ethyl adjacent to an activating group) is 1. The van der Waals surface area contributed by atoms with Gasteiger partial charge in [-0.15, -0.1) is 0 Å². The van der Waals surface area contributed by atoms with Crippen LogP contribution in [0.3, 0.4) is 0 Å². The number of aromatic nitrogens is 1. The second-order valence-electron chi connectivity index (χ2n) is 10.7. The van der Waals surface area contributed by atoms with Gasteiger partial charge in [0.05, 0.1) is 24.1 Å². The lowest BCUT2D eigenvalue weighted by Crippen LogP contribution is -2.31. The summed E-state index contributed by atoms with van der Waals surface area (Å²) >= 11 is 0. The van der Waals surface area contributed by atoms with E-state index in [0.717, 1.165) is 35.7 Å². The molecule has 1 heterocycles. The third-order valence-electron chi connectivity index (χ3n) is 7.04. The van der Waals surface area contributed by atoms with E-state index in [4.69, 9.17) is 16.2 Å². The third kappa shape index (κ3) is 10.3. The first-order valence-corrected chi connectivity index (χ1v) is 14.6. The van der Waals surface area contributed by atoms with Gasteiger partial charge >= 0.3 is 6.18 Å². The highest BCUT2D eigenvalue weighted by Gasteiger charge is 2.33. The van der Waals surface area contributed by atoms with E-state index in [9.17, 15) is 22.8 Å². The van der Waals surface area contributed by atoms with Crippen molar-refractivity contribution >= 4 is 17.5 Å². The number of rotatable bonds is 11. The molecule has 2 amide bonds. The number of ether oxygens (including phenoxy) is 1. The molecule has 2 aromatic carbocycles. The number of methoxy groups -OCH3 is 1. The first-order valence-electron chi connectivity index (χ1n) is 14.6. The van der Waals surface area contributed by atoms with Gasteiger partial charge in [-0.3, -0.25) is 14.6 Å². The molecule has 0 unspecified atom stereocenters. The summed E-state index contributed by atoms with van der Waals surface area (Å²) in [7, 11) is 4.71. The van der Waals surface area contributed by atoms with Crippen LogP contribution < -0.4 is 32.2 Å². The number of nitrogens with one attached hydrogen (secondary N) is 3. The molecule has 0 radical (unpaired) electrons. The van der Waals surface area contributed by atoms with E-state index in [0.29, 0.717) is 11.4 Å². The number of halogens is 3. The van der Waals surface area contributed by atoms with E-state index in [2.05, 4.69) is 27.5 Å². The molecule has 13 heteroatoms. The molecular weight excluding hydrogens is 611 g/mol. The average Bonchev–Trinajstić information content (AvgIpc) is 3.90. The minimum atomic E-state index is -4.29. The maximum atomic E-state index is 12.6. The van der Waals surface area contributed by atoms with Crippen LogP contribution in [-0.2, 0) is 22.3 Å². The number of carbonyl (C=O) groups excluding carboxylic acids is 2. The van der Waals surface area contributed by atoms with E-state index < -0.39 is 17.6 Å². The number of nitrogens with two attached hydrogens (primary N) is 2. The van der Waals surface area contributed by atoms with Crippen molar-refractivity contribution in [2.75, 3.05) is 26.5 Å². The van der Waals surface area contributed by atoms with Crippen molar-refractivity contribution in [1.29, 1.82) is 0 Å². The van der Waals surface area contributed by atoms with Gasteiger partial charge in [-0.2, -0.15) is 13.2 Å². The van der Waals surface area contributed by atoms with E-state index >= 15 is 0 Å². The first kappa shape index (κ1) is 36.0. The zero-order valence-electron chi connectivity index (χ0n) is 26.7. The summed E-state index contributed by atoms with van der Waals surface area (Å²) in [5.41, 5.74) is 15.0. The first-order chi connectivity index (χ1) is 22.3. The Hall–Kier alpha value is -5.46. The van der Waals surface area contributed by atoms with Crippen LogP contribution in [-0.4, -0.2) is 42.9 Å². The highest BCUT2D eigenvalue weighted by atomic mass is 19.4. The zero-order chi connectivity index (χ0) is 34.7. The van der Waals surface area contributed by atoms with Crippen LogP contribution in [0.15, 0.2) is 96.9 Å². The fourth-order valence-electron chi connectivity index (χ4n) is 4.34. The van der Waals surface area contributed by atoms with Gasteiger partial charge in [0.25, 0.3) is 5.91 Å². The van der Waals surface area contributed by atoms with E-state index in [1.54, 1.807) is 37.4 Å². The summed E-state index contributed by atoms with van der Waals surface area (Å²) in [6, 6.07) is 14.9. The van der Waals surface area contributed by atoms with Crippen LogP contribution in [0.5, 0.6) is 5.75 Å². The Labute approximate surface area is 272 Å². The fraction of sp³-hybridized carbons (Fsp3) is 0.265. The van der Waals surface area contributed by atoms with Crippen LogP contribution in [0.1, 0.15) is 29.7 Å². The number of allylic oxidation sites excluding steroid dienone is 1. The second-order valence-corrected chi connectivity index (χ2v) is 10.7. The van der Waals surface area contributed by atoms with Crippen molar-refractivity contribution in [3.63, 3.8) is 0 Å². The van der Waals surface area contributed by atoms with Crippen molar-refractivity contribution in [3.05, 3.63) is 114 Å². The minimum Gasteiger partial charge on any atom is -0.494 e. The Bertz CT molecular complexity index is 1630. The Morgan fingerprint density at radius 2 is 1.81 bits per heavy atom. The molecule has 10 nitrogen and oxygen atoms in total. The molecule has 7 N–H and O–H groups in total. The largest absolute Gasteiger partial charge is 0.494 e. The molecule has 1 fully saturated rings. The number of anilines is 1. The Morgan fingerprint density at radius 3 is 2.38 bits per heavy atom. The van der Waals surface area contributed by atoms with Gasteiger partial charge in [-0.1, -0.05) is 43.0 Å². The van der Waals surface area contributed by atoms with Crippen LogP contribution >= 0.6 is 0 Å². The van der Waals surface area contributed by atoms with E-state index in [1.807, 2.05) is 31.2 Å². The normalized spacial score (nSPS) is 13.3. The standard InChI is InChI=1S/C23H28N6O3.C11H12F3N/c1-13-7-8-15(12-27-13)16-5-4-6-17(21(16)32-3)28-18(20(25)23(31)26-2)11-19(24)29-22(30)14-9-10-14;1-3-15(2)8-9-6-4-5-7-10(9)11(12,13)14/h4-8,11-12,14,28H,9-10,24-25H2,1-3H3,(H,26,31)(H,29,30);3-7H,1,8H2,2H3/b19-11+,20-18+;. The van der Waals surface area contributed by atoms with Gasteiger partial charge in [0.2, 0.25) is 5.91 Å². The molecule has 1 aromatic heterocycles. The van der Waals surface area contributed by atoms with Gasteiger partial charge in [-0.05, 0) is 49.7 Å². The molecule has 0 aliphatic heterocycles. The van der Waals surface area contributed by atoms with Crippen molar-refractivity contribution < 1.29 is 27.5 Å². The number of para-hydroxylation sites is 1. The molecular formula is C34H40F3N7O3. The van der Waals surface area contributed by atoms with E-state index in [-0.39, 0.29) is 41.1 Å². The smallest absolute Gasteiger partial charge is 0.416 e. The predicted octanol–water partition coefficient (Wildman–Crippen LogP) is 5.00. The number of nitrogens with zero attached hydrogens (tertiary/aromatic N) is 2. The third-order valence-corrected chi connectivity index (χ3v) is 7.04. The Kier molecular flexibility index (Phi) is 12.4. The number of amides is 2. The summed E-state index contributed by atoms with van der Waals surface area (Å²) in [5.74, 6) is -0.0482. The molecule has 1 aliphatic rings. The topological polar surface area (TPSA) is 148 Å². The van der Waals surface area contributed by atoms with Crippen LogP contribution in [0.25, 0.3) is 11.1 Å². The molecule has 3 aromatic rings. The minimum absolute atomic E-state index is 0.0153. The van der Waals surface area contributed by atoms with Crippen LogP contribution in [0, 0.1) is 12.8 Å². The van der Waals surface area contributed by atoms with Gasteiger partial charge in [0.1, 0.15) is 17.3 Å². The fourth-order valence-corrected chi connectivity index (χ4v) is 4.34. The molecule has 0 bridgehead atoms. The summed E-state index contributed by atoms with van der Waals surface area (Å²) in [4.78, 5) is 30.2. The summed E-state index contributed by atoms with van der Waals surface area (Å²) in [5, 5.41) is 8.25.